The molecule has 13 nitrogen and oxygen atoms in total. The molecule has 0 aromatic heterocycles. The highest BCUT2D eigenvalue weighted by molar-refractivity contribution is 6.07. The van der Waals surface area contributed by atoms with Crippen LogP contribution in [0.1, 0.15) is 72.1 Å². The predicted octanol–water partition coefficient (Wildman–Crippen LogP) is 7.46. The van der Waals surface area contributed by atoms with Gasteiger partial charge >= 0.3 is 6.03 Å². The van der Waals surface area contributed by atoms with Crippen LogP contribution in [0.15, 0.2) is 97.1 Å². The molecule has 6 N–H and O–H groups in total. The van der Waals surface area contributed by atoms with Gasteiger partial charge in [0, 0.05) is 58.1 Å². The zero-order valence-electron chi connectivity index (χ0n) is 31.6. The normalized spacial score (nSPS) is 14.1. The molecule has 2 fully saturated rings. The highest BCUT2D eigenvalue weighted by Gasteiger charge is 2.15. The third-order valence-electron chi connectivity index (χ3n) is 9.77. The van der Waals surface area contributed by atoms with Crippen LogP contribution >= 0.6 is 0 Å². The van der Waals surface area contributed by atoms with E-state index in [1.165, 1.54) is 25.7 Å². The van der Waals surface area contributed by atoms with Crippen LogP contribution in [0.5, 0.6) is 0 Å². The van der Waals surface area contributed by atoms with Crippen molar-refractivity contribution in [1.82, 2.24) is 9.80 Å². The molecule has 6 rings (SSSR count). The van der Waals surface area contributed by atoms with Gasteiger partial charge in [-0.3, -0.25) is 19.2 Å². The Hall–Kier alpha value is -6.05. The fourth-order valence-corrected chi connectivity index (χ4v) is 6.84. The molecule has 4 aromatic carbocycles. The average molecular weight is 759 g/mol. The summed E-state index contributed by atoms with van der Waals surface area (Å²) in [6.45, 7) is 6.34. The first kappa shape index (κ1) is 39.6. The van der Waals surface area contributed by atoms with Crippen LogP contribution in [0, 0.1) is 0 Å². The molecule has 0 spiro atoms. The van der Waals surface area contributed by atoms with Crippen molar-refractivity contribution in [1.29, 1.82) is 0 Å². The number of urea groups is 1. The summed E-state index contributed by atoms with van der Waals surface area (Å²) >= 11 is 0. The molecule has 6 amide bonds. The molecule has 4 aromatic rings. The first-order chi connectivity index (χ1) is 27.3. The second kappa shape index (κ2) is 20.0. The Labute approximate surface area is 327 Å². The van der Waals surface area contributed by atoms with Crippen LogP contribution in [-0.2, 0) is 9.59 Å². The zero-order valence-corrected chi connectivity index (χ0v) is 31.6. The van der Waals surface area contributed by atoms with Crippen LogP contribution in [-0.4, -0.2) is 78.7 Å². The molecular weight excluding hydrogens is 709 g/mol. The number of likely N-dealkylation sites (tertiary alicyclic amines) is 2. The van der Waals surface area contributed by atoms with E-state index in [1.807, 2.05) is 0 Å². The lowest BCUT2D eigenvalue weighted by atomic mass is 10.1. The molecule has 2 aliphatic heterocycles. The van der Waals surface area contributed by atoms with Crippen LogP contribution in [0.25, 0.3) is 0 Å². The summed E-state index contributed by atoms with van der Waals surface area (Å²) in [5.41, 5.74) is 3.89. The lowest BCUT2D eigenvalue weighted by molar-refractivity contribution is -0.117. The van der Waals surface area contributed by atoms with Gasteiger partial charge in [-0.05, 0) is 163 Å². The molecular formula is C43H50N8O5. The standard InChI is InChI=1S/C43H50N8O5/c52-39(13-7-27-50-23-1-2-24-50)44-33-15-19-35(20-16-33)46-41(54)31-9-5-11-37(29-31)48-43(56)49-38-12-6-10-32(30-38)42(55)47-36-21-17-34(18-22-36)45-40(53)14-8-28-51-25-3-4-26-51/h5-6,9-12,15-22,29-30H,1-4,7-8,13-14,23-28H2,(H,44,52)(H,45,53)(H,46,54)(H,47,55)(H2,48,49,56). The SMILES string of the molecule is O=C(CCCN1CCCC1)Nc1ccc(NC(=O)c2cccc(NC(=O)Nc3cccc(C(=O)Nc4ccc(NC(=O)CCCN5CCCC5)cc4)c3)c2)cc1. The van der Waals surface area contributed by atoms with E-state index in [0.29, 0.717) is 58.1 Å². The second-order valence-electron chi connectivity index (χ2n) is 14.2. The third kappa shape index (κ3) is 12.5. The van der Waals surface area contributed by atoms with Crippen molar-refractivity contribution >= 4 is 63.8 Å². The largest absolute Gasteiger partial charge is 0.326 e. The number of benzene rings is 4. The van der Waals surface area contributed by atoms with Crippen LogP contribution in [0.2, 0.25) is 0 Å². The summed E-state index contributed by atoms with van der Waals surface area (Å²) in [5, 5.41) is 17.0. The topological polar surface area (TPSA) is 164 Å². The Morgan fingerprint density at radius 3 is 1.16 bits per heavy atom. The Balaban J connectivity index is 0.926. The van der Waals surface area contributed by atoms with E-state index in [1.54, 1.807) is 97.1 Å². The minimum atomic E-state index is -0.553. The van der Waals surface area contributed by atoms with Crippen molar-refractivity contribution in [2.45, 2.75) is 51.4 Å². The van der Waals surface area contributed by atoms with E-state index in [4.69, 9.17) is 0 Å². The van der Waals surface area contributed by atoms with Crippen LogP contribution in [0.4, 0.5) is 38.9 Å². The van der Waals surface area contributed by atoms with Crippen molar-refractivity contribution in [2.75, 3.05) is 71.2 Å². The first-order valence-corrected chi connectivity index (χ1v) is 19.4. The number of hydrogen-bond donors (Lipinski definition) is 6. The number of anilines is 6. The van der Waals surface area contributed by atoms with Gasteiger partial charge in [0.2, 0.25) is 11.8 Å². The van der Waals surface area contributed by atoms with Crippen molar-refractivity contribution in [3.05, 3.63) is 108 Å². The summed E-state index contributed by atoms with van der Waals surface area (Å²) in [6.07, 6.45) is 7.49. The summed E-state index contributed by atoms with van der Waals surface area (Å²) in [6, 6.07) is 26.3. The Kier molecular flexibility index (Phi) is 14.2. The molecule has 0 radical (unpaired) electrons. The van der Waals surface area contributed by atoms with Crippen LogP contribution in [0.3, 0.4) is 0 Å². The molecule has 56 heavy (non-hydrogen) atoms. The average Bonchev–Trinajstić information content (AvgIpc) is 3.92. The van der Waals surface area contributed by atoms with Crippen molar-refractivity contribution in [3.63, 3.8) is 0 Å². The minimum Gasteiger partial charge on any atom is -0.326 e. The molecule has 2 saturated heterocycles. The van der Waals surface area contributed by atoms with E-state index >= 15 is 0 Å². The molecule has 2 aliphatic rings. The Morgan fingerprint density at radius 1 is 0.429 bits per heavy atom. The first-order valence-electron chi connectivity index (χ1n) is 19.4. The molecule has 2 heterocycles. The molecule has 0 saturated carbocycles. The third-order valence-corrected chi connectivity index (χ3v) is 9.77. The van der Waals surface area contributed by atoms with Gasteiger partial charge in [-0.1, -0.05) is 12.1 Å². The number of amides is 6. The van der Waals surface area contributed by atoms with Gasteiger partial charge in [-0.25, -0.2) is 4.79 Å². The number of carbonyl (C=O) groups excluding carboxylic acids is 5. The maximum absolute atomic E-state index is 13.0. The van der Waals surface area contributed by atoms with E-state index in [2.05, 4.69) is 41.7 Å². The van der Waals surface area contributed by atoms with E-state index in [0.717, 1.165) is 52.1 Å². The summed E-state index contributed by atoms with van der Waals surface area (Å²) in [7, 11) is 0. The smallest absolute Gasteiger partial charge is 0.323 e. The molecule has 13 heteroatoms. The lowest BCUT2D eigenvalue weighted by Gasteiger charge is -2.14. The monoisotopic (exact) mass is 758 g/mol. The maximum atomic E-state index is 13.0. The predicted molar refractivity (Wildman–Crippen MR) is 221 cm³/mol. The van der Waals surface area contributed by atoms with E-state index in [-0.39, 0.29) is 23.6 Å². The number of carbonyl (C=O) groups is 5. The highest BCUT2D eigenvalue weighted by Crippen LogP contribution is 2.20. The van der Waals surface area contributed by atoms with Crippen LogP contribution < -0.4 is 31.9 Å². The molecule has 0 aliphatic carbocycles. The number of hydrogen-bond acceptors (Lipinski definition) is 7. The van der Waals surface area contributed by atoms with Crippen molar-refractivity contribution in [2.24, 2.45) is 0 Å². The van der Waals surface area contributed by atoms with Crippen molar-refractivity contribution < 1.29 is 24.0 Å². The Bertz CT molecular complexity index is 1830. The zero-order chi connectivity index (χ0) is 39.1. The summed E-state index contributed by atoms with van der Waals surface area (Å²) < 4.78 is 0. The lowest BCUT2D eigenvalue weighted by Crippen LogP contribution is -2.22. The fourth-order valence-electron chi connectivity index (χ4n) is 6.84. The fraction of sp³-hybridized carbons (Fsp3) is 0.326. The number of rotatable bonds is 16. The summed E-state index contributed by atoms with van der Waals surface area (Å²) in [4.78, 5) is 68.4. The van der Waals surface area contributed by atoms with Gasteiger partial charge in [0.05, 0.1) is 0 Å². The molecule has 0 bridgehead atoms. The van der Waals surface area contributed by atoms with Gasteiger partial charge in [-0.2, -0.15) is 0 Å². The minimum absolute atomic E-state index is 0.0349. The van der Waals surface area contributed by atoms with Crippen molar-refractivity contribution in [3.8, 4) is 0 Å². The number of nitrogens with zero attached hydrogens (tertiary/aromatic N) is 2. The summed E-state index contributed by atoms with van der Waals surface area (Å²) in [5.74, 6) is -0.803. The van der Waals surface area contributed by atoms with Gasteiger partial charge in [0.25, 0.3) is 11.8 Å². The van der Waals surface area contributed by atoms with E-state index in [9.17, 15) is 24.0 Å². The quantitative estimate of drug-likeness (QED) is 0.0691. The van der Waals surface area contributed by atoms with E-state index < -0.39 is 6.03 Å². The maximum Gasteiger partial charge on any atom is 0.323 e. The van der Waals surface area contributed by atoms with Gasteiger partial charge in [0.1, 0.15) is 0 Å². The Morgan fingerprint density at radius 2 is 0.786 bits per heavy atom. The molecule has 292 valence electrons. The second-order valence-corrected chi connectivity index (χ2v) is 14.2. The molecule has 0 unspecified atom stereocenters. The van der Waals surface area contributed by atoms with Gasteiger partial charge in [0.15, 0.2) is 0 Å². The van der Waals surface area contributed by atoms with Gasteiger partial charge in [-0.15, -0.1) is 0 Å². The number of nitrogens with one attached hydrogen (secondary N) is 6. The highest BCUT2D eigenvalue weighted by atomic mass is 16.2. The van der Waals surface area contributed by atoms with Gasteiger partial charge < -0.3 is 41.7 Å². The molecule has 0 atom stereocenters.